The second-order valence-corrected chi connectivity index (χ2v) is 7.42. The van der Waals surface area contributed by atoms with Gasteiger partial charge in [0.2, 0.25) is 5.91 Å². The number of hydrogen-bond donors (Lipinski definition) is 2. The molecule has 6 nitrogen and oxygen atoms in total. The van der Waals surface area contributed by atoms with Crippen molar-refractivity contribution in [3.05, 3.63) is 76.0 Å². The maximum absolute atomic E-state index is 12.6. The number of carbonyl (C=O) groups is 3. The smallest absolute Gasteiger partial charge is 0.349 e. The SMILES string of the molecule is Cc1ccc(-c2ccsc2C(=O)O[C@H](C)C(=O)Nc2ccc(C(N)=O)cc2)cc1. The van der Waals surface area contributed by atoms with E-state index in [-0.39, 0.29) is 0 Å². The molecule has 3 aromatic rings. The fourth-order valence-electron chi connectivity index (χ4n) is 2.66. The van der Waals surface area contributed by atoms with Gasteiger partial charge >= 0.3 is 5.97 Å². The first-order valence-electron chi connectivity index (χ1n) is 8.91. The van der Waals surface area contributed by atoms with Gasteiger partial charge in [0, 0.05) is 16.8 Å². The molecule has 148 valence electrons. The fraction of sp³-hybridized carbons (Fsp3) is 0.136. The molecular formula is C22H20N2O4S. The van der Waals surface area contributed by atoms with Gasteiger partial charge in [-0.15, -0.1) is 11.3 Å². The summed E-state index contributed by atoms with van der Waals surface area (Å²) < 4.78 is 5.36. The van der Waals surface area contributed by atoms with Crippen LogP contribution in [0.1, 0.15) is 32.5 Å². The zero-order valence-electron chi connectivity index (χ0n) is 16.0. The highest BCUT2D eigenvalue weighted by Gasteiger charge is 2.22. The number of anilines is 1. The van der Waals surface area contributed by atoms with Gasteiger partial charge in [-0.3, -0.25) is 9.59 Å². The van der Waals surface area contributed by atoms with E-state index in [2.05, 4.69) is 5.32 Å². The van der Waals surface area contributed by atoms with Crippen molar-refractivity contribution in [2.45, 2.75) is 20.0 Å². The number of nitrogens with one attached hydrogen (secondary N) is 1. The molecule has 1 atom stereocenters. The number of hydrogen-bond acceptors (Lipinski definition) is 5. The van der Waals surface area contributed by atoms with Crippen LogP contribution >= 0.6 is 11.3 Å². The molecular weight excluding hydrogens is 388 g/mol. The highest BCUT2D eigenvalue weighted by molar-refractivity contribution is 7.12. The molecule has 0 aliphatic rings. The summed E-state index contributed by atoms with van der Waals surface area (Å²) in [4.78, 5) is 36.5. The molecule has 3 rings (SSSR count). The summed E-state index contributed by atoms with van der Waals surface area (Å²) in [6.07, 6.45) is -0.994. The number of benzene rings is 2. The number of aryl methyl sites for hydroxylation is 1. The van der Waals surface area contributed by atoms with Crippen LogP contribution in [-0.4, -0.2) is 23.9 Å². The number of thiophene rings is 1. The highest BCUT2D eigenvalue weighted by atomic mass is 32.1. The second-order valence-electron chi connectivity index (χ2n) is 6.51. The number of esters is 1. The van der Waals surface area contributed by atoms with Crippen molar-refractivity contribution in [1.82, 2.24) is 0 Å². The molecule has 0 bridgehead atoms. The summed E-state index contributed by atoms with van der Waals surface area (Å²) in [7, 11) is 0. The summed E-state index contributed by atoms with van der Waals surface area (Å²) in [6.45, 7) is 3.50. The number of rotatable bonds is 6. The molecule has 3 N–H and O–H groups in total. The van der Waals surface area contributed by atoms with Gasteiger partial charge in [0.15, 0.2) is 6.10 Å². The van der Waals surface area contributed by atoms with Gasteiger partial charge < -0.3 is 15.8 Å². The third-order valence-corrected chi connectivity index (χ3v) is 5.20. The third-order valence-electron chi connectivity index (χ3n) is 4.30. The summed E-state index contributed by atoms with van der Waals surface area (Å²) >= 11 is 1.27. The molecule has 0 saturated heterocycles. The zero-order chi connectivity index (χ0) is 21.0. The van der Waals surface area contributed by atoms with Crippen LogP contribution in [0.15, 0.2) is 60.0 Å². The van der Waals surface area contributed by atoms with Crippen molar-refractivity contribution in [1.29, 1.82) is 0 Å². The molecule has 0 aliphatic carbocycles. The highest BCUT2D eigenvalue weighted by Crippen LogP contribution is 2.29. The summed E-state index contributed by atoms with van der Waals surface area (Å²) in [5.41, 5.74) is 8.81. The van der Waals surface area contributed by atoms with Crippen LogP contribution in [0.25, 0.3) is 11.1 Å². The lowest BCUT2D eigenvalue weighted by Gasteiger charge is -2.14. The van der Waals surface area contributed by atoms with E-state index in [0.717, 1.165) is 16.7 Å². The summed E-state index contributed by atoms with van der Waals surface area (Å²) in [5.74, 6) is -1.58. The van der Waals surface area contributed by atoms with E-state index in [1.165, 1.54) is 30.4 Å². The molecule has 1 heterocycles. The number of carbonyl (C=O) groups excluding carboxylic acids is 3. The van der Waals surface area contributed by atoms with Crippen molar-refractivity contribution in [3.63, 3.8) is 0 Å². The van der Waals surface area contributed by atoms with Crippen LogP contribution in [0.4, 0.5) is 5.69 Å². The third kappa shape index (κ3) is 4.89. The van der Waals surface area contributed by atoms with E-state index in [1.54, 1.807) is 12.1 Å². The predicted octanol–water partition coefficient (Wildman–Crippen LogP) is 4.01. The van der Waals surface area contributed by atoms with Gasteiger partial charge in [0.1, 0.15) is 4.88 Å². The Morgan fingerprint density at radius 2 is 1.66 bits per heavy atom. The maximum atomic E-state index is 12.6. The molecule has 29 heavy (non-hydrogen) atoms. The Labute approximate surface area is 172 Å². The first-order chi connectivity index (χ1) is 13.8. The van der Waals surface area contributed by atoms with E-state index in [4.69, 9.17) is 10.5 Å². The number of amides is 2. The number of primary amides is 1. The van der Waals surface area contributed by atoms with Gasteiger partial charge in [0.05, 0.1) is 0 Å². The Hall–Kier alpha value is -3.45. The van der Waals surface area contributed by atoms with Crippen LogP contribution in [0.5, 0.6) is 0 Å². The van der Waals surface area contributed by atoms with E-state index < -0.39 is 23.9 Å². The molecule has 0 fully saturated rings. The van der Waals surface area contributed by atoms with Crippen molar-refractivity contribution in [2.75, 3.05) is 5.32 Å². The van der Waals surface area contributed by atoms with Crippen molar-refractivity contribution < 1.29 is 19.1 Å². The van der Waals surface area contributed by atoms with Crippen LogP contribution in [-0.2, 0) is 9.53 Å². The Morgan fingerprint density at radius 3 is 2.28 bits per heavy atom. The van der Waals surface area contributed by atoms with E-state index in [0.29, 0.717) is 16.1 Å². The van der Waals surface area contributed by atoms with Crippen molar-refractivity contribution >= 4 is 34.8 Å². The average Bonchev–Trinajstić information content (AvgIpc) is 3.19. The Bertz CT molecular complexity index is 1040. The van der Waals surface area contributed by atoms with Crippen LogP contribution in [0, 0.1) is 6.92 Å². The molecule has 0 unspecified atom stereocenters. The molecule has 0 radical (unpaired) electrons. The Kier molecular flexibility index (Phi) is 6.09. The first kappa shape index (κ1) is 20.3. The zero-order valence-corrected chi connectivity index (χ0v) is 16.8. The van der Waals surface area contributed by atoms with Gasteiger partial charge in [-0.05, 0) is 55.1 Å². The lowest BCUT2D eigenvalue weighted by atomic mass is 10.1. The molecule has 0 saturated carbocycles. The van der Waals surface area contributed by atoms with Crippen LogP contribution < -0.4 is 11.1 Å². The minimum absolute atomic E-state index is 0.337. The number of ether oxygens (including phenoxy) is 1. The number of nitrogens with two attached hydrogens (primary N) is 1. The van der Waals surface area contributed by atoms with Crippen molar-refractivity contribution in [3.8, 4) is 11.1 Å². The van der Waals surface area contributed by atoms with Crippen LogP contribution in [0.2, 0.25) is 0 Å². The fourth-order valence-corrected chi connectivity index (χ4v) is 3.45. The monoisotopic (exact) mass is 408 g/mol. The average molecular weight is 408 g/mol. The molecule has 0 spiro atoms. The summed E-state index contributed by atoms with van der Waals surface area (Å²) in [6, 6.07) is 15.8. The largest absolute Gasteiger partial charge is 0.448 e. The lowest BCUT2D eigenvalue weighted by molar-refractivity contribution is -0.123. The first-order valence-corrected chi connectivity index (χ1v) is 9.79. The summed E-state index contributed by atoms with van der Waals surface area (Å²) in [5, 5.41) is 4.46. The normalized spacial score (nSPS) is 11.5. The van der Waals surface area contributed by atoms with E-state index in [1.807, 2.05) is 42.6 Å². The maximum Gasteiger partial charge on any atom is 0.349 e. The van der Waals surface area contributed by atoms with Gasteiger partial charge in [-0.2, -0.15) is 0 Å². The van der Waals surface area contributed by atoms with E-state index in [9.17, 15) is 14.4 Å². The molecule has 2 aromatic carbocycles. The van der Waals surface area contributed by atoms with Gasteiger partial charge in [0.25, 0.3) is 5.91 Å². The molecule has 2 amide bonds. The second kappa shape index (κ2) is 8.70. The molecule has 1 aromatic heterocycles. The topological polar surface area (TPSA) is 98.5 Å². The quantitative estimate of drug-likeness (QED) is 0.602. The lowest BCUT2D eigenvalue weighted by Crippen LogP contribution is -2.29. The van der Waals surface area contributed by atoms with Crippen LogP contribution in [0.3, 0.4) is 0 Å². The molecule has 7 heteroatoms. The predicted molar refractivity (Wildman–Crippen MR) is 113 cm³/mol. The van der Waals surface area contributed by atoms with Crippen molar-refractivity contribution in [2.24, 2.45) is 5.73 Å². The van der Waals surface area contributed by atoms with Gasteiger partial charge in [-0.1, -0.05) is 29.8 Å². The standard InChI is InChI=1S/C22H20N2O4S/c1-13-3-5-15(6-4-13)18-11-12-29-19(18)22(27)28-14(2)21(26)24-17-9-7-16(8-10-17)20(23)25/h3-12,14H,1-2H3,(H2,23,25)(H,24,26)/t14-/m1/s1. The van der Waals surface area contributed by atoms with E-state index >= 15 is 0 Å². The Balaban J connectivity index is 1.66. The molecule has 0 aliphatic heterocycles. The van der Waals surface area contributed by atoms with Gasteiger partial charge in [-0.25, -0.2) is 4.79 Å². The minimum Gasteiger partial charge on any atom is -0.448 e. The minimum atomic E-state index is -0.994. The Morgan fingerprint density at radius 1 is 1.00 bits per heavy atom.